The molecule has 128 valence electrons. The molecule has 0 spiro atoms. The van der Waals surface area contributed by atoms with Crippen LogP contribution in [-0.2, 0) is 29.6 Å². The molecular weight excluding hydrogens is 302 g/mol. The van der Waals surface area contributed by atoms with Gasteiger partial charge in [-0.3, -0.25) is 4.79 Å². The standard InChI is InChI=1S/C19H25N3O2/c1-19(2,3)17-10-16(21-24-17)11-18(23)20-15-6-5-13-7-8-22(4)12-14(13)9-15/h5-6,9-10H,7-8,11-12H2,1-4H3,(H,20,23). The minimum absolute atomic E-state index is 0.0760. The lowest BCUT2D eigenvalue weighted by atomic mass is 9.93. The van der Waals surface area contributed by atoms with Gasteiger partial charge in [0.1, 0.15) is 5.76 Å². The monoisotopic (exact) mass is 327 g/mol. The van der Waals surface area contributed by atoms with Crippen molar-refractivity contribution in [1.29, 1.82) is 0 Å². The van der Waals surface area contributed by atoms with E-state index in [1.54, 1.807) is 0 Å². The summed E-state index contributed by atoms with van der Waals surface area (Å²) >= 11 is 0. The van der Waals surface area contributed by atoms with E-state index in [1.165, 1.54) is 11.1 Å². The molecule has 1 aromatic heterocycles. The fourth-order valence-electron chi connectivity index (χ4n) is 2.89. The molecule has 0 aliphatic carbocycles. The van der Waals surface area contributed by atoms with Crippen LogP contribution in [-0.4, -0.2) is 29.6 Å². The van der Waals surface area contributed by atoms with Crippen LogP contribution in [0.2, 0.25) is 0 Å². The van der Waals surface area contributed by atoms with Gasteiger partial charge in [-0.25, -0.2) is 0 Å². The average Bonchev–Trinajstić information content (AvgIpc) is 2.95. The Balaban J connectivity index is 1.65. The average molecular weight is 327 g/mol. The number of carbonyl (C=O) groups is 1. The van der Waals surface area contributed by atoms with Crippen LogP contribution in [0, 0.1) is 0 Å². The summed E-state index contributed by atoms with van der Waals surface area (Å²) < 4.78 is 5.33. The first-order chi connectivity index (χ1) is 11.3. The van der Waals surface area contributed by atoms with Crippen LogP contribution in [0.5, 0.6) is 0 Å². The van der Waals surface area contributed by atoms with Crippen molar-refractivity contribution in [1.82, 2.24) is 10.1 Å². The number of nitrogens with zero attached hydrogens (tertiary/aromatic N) is 2. The fourth-order valence-corrected chi connectivity index (χ4v) is 2.89. The van der Waals surface area contributed by atoms with E-state index in [4.69, 9.17) is 4.52 Å². The Morgan fingerprint density at radius 1 is 1.29 bits per heavy atom. The molecule has 1 aromatic carbocycles. The zero-order valence-electron chi connectivity index (χ0n) is 14.8. The molecule has 1 aliphatic heterocycles. The Hall–Kier alpha value is -2.14. The van der Waals surface area contributed by atoms with Gasteiger partial charge in [0.25, 0.3) is 0 Å². The van der Waals surface area contributed by atoms with Crippen molar-refractivity contribution >= 4 is 11.6 Å². The zero-order chi connectivity index (χ0) is 17.3. The second kappa shape index (κ2) is 6.40. The molecule has 1 amide bonds. The number of likely N-dealkylation sites (N-methyl/N-ethyl adjacent to an activating group) is 1. The number of rotatable bonds is 3. The summed E-state index contributed by atoms with van der Waals surface area (Å²) in [7, 11) is 2.12. The van der Waals surface area contributed by atoms with E-state index >= 15 is 0 Å². The first-order valence-corrected chi connectivity index (χ1v) is 8.37. The summed E-state index contributed by atoms with van der Waals surface area (Å²) in [6, 6.07) is 8.03. The van der Waals surface area contributed by atoms with Gasteiger partial charge in [-0.1, -0.05) is 32.0 Å². The number of hydrogen-bond donors (Lipinski definition) is 1. The van der Waals surface area contributed by atoms with Crippen molar-refractivity contribution in [2.75, 3.05) is 18.9 Å². The highest BCUT2D eigenvalue weighted by Crippen LogP contribution is 2.24. The quantitative estimate of drug-likeness (QED) is 0.941. The molecular formula is C19H25N3O2. The fraction of sp³-hybridized carbons (Fsp3) is 0.474. The highest BCUT2D eigenvalue weighted by molar-refractivity contribution is 5.92. The molecule has 0 unspecified atom stereocenters. The minimum atomic E-state index is -0.105. The molecule has 24 heavy (non-hydrogen) atoms. The Morgan fingerprint density at radius 2 is 2.08 bits per heavy atom. The Morgan fingerprint density at radius 3 is 2.79 bits per heavy atom. The van der Waals surface area contributed by atoms with E-state index in [1.807, 2.05) is 12.1 Å². The number of aromatic nitrogens is 1. The molecule has 0 radical (unpaired) electrons. The normalized spacial score (nSPS) is 15.2. The predicted octanol–water partition coefficient (Wildman–Crippen LogP) is 3.14. The van der Waals surface area contributed by atoms with Crippen molar-refractivity contribution in [2.45, 2.75) is 45.6 Å². The van der Waals surface area contributed by atoms with Crippen molar-refractivity contribution in [2.24, 2.45) is 0 Å². The van der Waals surface area contributed by atoms with Crippen LogP contribution in [0.15, 0.2) is 28.8 Å². The van der Waals surface area contributed by atoms with E-state index in [0.29, 0.717) is 5.69 Å². The maximum atomic E-state index is 12.3. The second-order valence-electron chi connectivity index (χ2n) is 7.63. The van der Waals surface area contributed by atoms with Crippen LogP contribution in [0.3, 0.4) is 0 Å². The Bertz CT molecular complexity index is 743. The smallest absolute Gasteiger partial charge is 0.230 e. The maximum absolute atomic E-state index is 12.3. The lowest BCUT2D eigenvalue weighted by molar-refractivity contribution is -0.115. The van der Waals surface area contributed by atoms with Gasteiger partial charge in [0.05, 0.1) is 12.1 Å². The van der Waals surface area contributed by atoms with Crippen molar-refractivity contribution in [3.05, 3.63) is 46.8 Å². The highest BCUT2D eigenvalue weighted by atomic mass is 16.5. The molecule has 3 rings (SSSR count). The summed E-state index contributed by atoms with van der Waals surface area (Å²) in [5.41, 5.74) is 4.06. The SMILES string of the molecule is CN1CCc2ccc(NC(=O)Cc3cc(C(C)(C)C)on3)cc2C1. The second-order valence-corrected chi connectivity index (χ2v) is 7.63. The Labute approximate surface area is 143 Å². The maximum Gasteiger partial charge on any atom is 0.230 e. The van der Waals surface area contributed by atoms with Gasteiger partial charge in [-0.05, 0) is 36.7 Å². The van der Waals surface area contributed by atoms with Gasteiger partial charge in [0, 0.05) is 30.3 Å². The number of hydrogen-bond acceptors (Lipinski definition) is 4. The molecule has 2 aromatic rings. The van der Waals surface area contributed by atoms with Crippen molar-refractivity contribution in [3.63, 3.8) is 0 Å². The molecule has 2 heterocycles. The van der Waals surface area contributed by atoms with Gasteiger partial charge >= 0.3 is 0 Å². The van der Waals surface area contributed by atoms with Crippen LogP contribution in [0.4, 0.5) is 5.69 Å². The Kier molecular flexibility index (Phi) is 4.45. The van der Waals surface area contributed by atoms with Crippen LogP contribution in [0.1, 0.15) is 43.4 Å². The lowest BCUT2D eigenvalue weighted by Crippen LogP contribution is -2.26. The molecule has 1 N–H and O–H groups in total. The molecule has 1 aliphatic rings. The number of benzene rings is 1. The zero-order valence-corrected chi connectivity index (χ0v) is 14.8. The molecule has 0 bridgehead atoms. The number of nitrogens with one attached hydrogen (secondary N) is 1. The number of carbonyl (C=O) groups excluding carboxylic acids is 1. The van der Waals surface area contributed by atoms with Crippen LogP contribution in [0.25, 0.3) is 0 Å². The number of amides is 1. The third kappa shape index (κ3) is 3.85. The number of fused-ring (bicyclic) bond motifs is 1. The largest absolute Gasteiger partial charge is 0.361 e. The third-order valence-corrected chi connectivity index (χ3v) is 4.33. The molecule has 0 saturated heterocycles. The van der Waals surface area contributed by atoms with Gasteiger partial charge in [0.2, 0.25) is 5.91 Å². The first kappa shape index (κ1) is 16.7. The molecule has 0 atom stereocenters. The number of anilines is 1. The van der Waals surface area contributed by atoms with E-state index in [2.05, 4.69) is 55.3 Å². The highest BCUT2D eigenvalue weighted by Gasteiger charge is 2.20. The molecule has 0 fully saturated rings. The summed E-state index contributed by atoms with van der Waals surface area (Å²) in [4.78, 5) is 14.6. The summed E-state index contributed by atoms with van der Waals surface area (Å²) in [5, 5.41) is 6.97. The van der Waals surface area contributed by atoms with E-state index in [0.717, 1.165) is 31.0 Å². The van der Waals surface area contributed by atoms with Crippen LogP contribution >= 0.6 is 0 Å². The topological polar surface area (TPSA) is 58.4 Å². The molecule has 5 heteroatoms. The van der Waals surface area contributed by atoms with Gasteiger partial charge < -0.3 is 14.7 Å². The van der Waals surface area contributed by atoms with Crippen molar-refractivity contribution in [3.8, 4) is 0 Å². The van der Waals surface area contributed by atoms with E-state index in [-0.39, 0.29) is 17.7 Å². The van der Waals surface area contributed by atoms with Gasteiger partial charge in [-0.15, -0.1) is 0 Å². The van der Waals surface area contributed by atoms with E-state index < -0.39 is 0 Å². The third-order valence-electron chi connectivity index (χ3n) is 4.33. The van der Waals surface area contributed by atoms with Gasteiger partial charge in [-0.2, -0.15) is 0 Å². The minimum Gasteiger partial charge on any atom is -0.361 e. The molecule has 5 nitrogen and oxygen atoms in total. The predicted molar refractivity (Wildman–Crippen MR) is 94.0 cm³/mol. The lowest BCUT2D eigenvalue weighted by Gasteiger charge is -2.25. The first-order valence-electron chi connectivity index (χ1n) is 8.37. The summed E-state index contributed by atoms with van der Waals surface area (Å²) in [6.45, 7) is 8.18. The molecule has 0 saturated carbocycles. The summed E-state index contributed by atoms with van der Waals surface area (Å²) in [6.07, 6.45) is 1.28. The van der Waals surface area contributed by atoms with Crippen LogP contribution < -0.4 is 5.32 Å². The van der Waals surface area contributed by atoms with Gasteiger partial charge in [0.15, 0.2) is 0 Å². The summed E-state index contributed by atoms with van der Waals surface area (Å²) in [5.74, 6) is 0.718. The van der Waals surface area contributed by atoms with Crippen molar-refractivity contribution < 1.29 is 9.32 Å². The van der Waals surface area contributed by atoms with E-state index in [9.17, 15) is 4.79 Å².